The maximum atomic E-state index is 12.6. The van der Waals surface area contributed by atoms with E-state index in [2.05, 4.69) is 19.2 Å². The van der Waals surface area contributed by atoms with Crippen molar-refractivity contribution in [3.05, 3.63) is 29.3 Å². The van der Waals surface area contributed by atoms with E-state index in [9.17, 15) is 9.90 Å². The fourth-order valence-corrected chi connectivity index (χ4v) is 2.93. The number of carbonyl (C=O) groups excluding carboxylic acids is 1. The van der Waals surface area contributed by atoms with Crippen molar-refractivity contribution in [1.82, 2.24) is 10.2 Å². The third kappa shape index (κ3) is 3.76. The maximum Gasteiger partial charge on any atom is 0.253 e. The van der Waals surface area contributed by atoms with Gasteiger partial charge in [0.05, 0.1) is 0 Å². The molecule has 1 heterocycles. The summed E-state index contributed by atoms with van der Waals surface area (Å²) < 4.78 is 0. The van der Waals surface area contributed by atoms with Crippen molar-refractivity contribution in [3.8, 4) is 5.75 Å². The summed E-state index contributed by atoms with van der Waals surface area (Å²) in [5, 5.41) is 13.1. The fourth-order valence-electron chi connectivity index (χ4n) is 2.93. The predicted molar refractivity (Wildman–Crippen MR) is 84.6 cm³/mol. The highest BCUT2D eigenvalue weighted by Gasteiger charge is 2.28. The fraction of sp³-hybridized carbons (Fsp3) is 0.588. The second kappa shape index (κ2) is 6.94. The van der Waals surface area contributed by atoms with Gasteiger partial charge in [-0.3, -0.25) is 4.79 Å². The first-order valence-electron chi connectivity index (χ1n) is 7.85. The largest absolute Gasteiger partial charge is 0.508 e. The van der Waals surface area contributed by atoms with Gasteiger partial charge in [0.25, 0.3) is 5.91 Å². The van der Waals surface area contributed by atoms with Gasteiger partial charge in [0.1, 0.15) is 5.75 Å². The molecule has 0 radical (unpaired) electrons. The Bertz CT molecular complexity index is 502. The quantitative estimate of drug-likeness (QED) is 0.896. The normalized spacial score (nSPS) is 22.3. The minimum absolute atomic E-state index is 0.0684. The summed E-state index contributed by atoms with van der Waals surface area (Å²) in [5.41, 5.74) is 1.41. The second-order valence-electron chi connectivity index (χ2n) is 6.08. The third-order valence-electron chi connectivity index (χ3n) is 4.29. The smallest absolute Gasteiger partial charge is 0.253 e. The van der Waals surface area contributed by atoms with Crippen molar-refractivity contribution < 1.29 is 9.90 Å². The van der Waals surface area contributed by atoms with Crippen molar-refractivity contribution in [2.45, 2.75) is 39.7 Å². The zero-order valence-electron chi connectivity index (χ0n) is 13.2. The number of piperidine rings is 1. The van der Waals surface area contributed by atoms with E-state index < -0.39 is 0 Å². The first kappa shape index (κ1) is 15.8. The predicted octanol–water partition coefficient (Wildman–Crippen LogP) is 2.55. The molecule has 4 heteroatoms. The van der Waals surface area contributed by atoms with Crippen molar-refractivity contribution in [1.29, 1.82) is 0 Å². The number of nitrogens with one attached hydrogen (secondary N) is 1. The molecule has 0 aliphatic carbocycles. The zero-order valence-corrected chi connectivity index (χ0v) is 13.2. The number of phenolic OH excluding ortho intramolecular Hbond substituents is 1. The molecule has 21 heavy (non-hydrogen) atoms. The van der Waals surface area contributed by atoms with Gasteiger partial charge in [0, 0.05) is 24.7 Å². The Kier molecular flexibility index (Phi) is 5.23. The van der Waals surface area contributed by atoms with Crippen LogP contribution in [-0.4, -0.2) is 41.6 Å². The van der Waals surface area contributed by atoms with Gasteiger partial charge in [-0.2, -0.15) is 0 Å². The summed E-state index contributed by atoms with van der Waals surface area (Å²) in [6, 6.07) is 5.58. The van der Waals surface area contributed by atoms with Crippen LogP contribution in [0.15, 0.2) is 18.2 Å². The molecule has 2 rings (SSSR count). The Hall–Kier alpha value is -1.55. The lowest BCUT2D eigenvalue weighted by Gasteiger charge is -2.37. The van der Waals surface area contributed by atoms with Gasteiger partial charge in [0.2, 0.25) is 0 Å². The lowest BCUT2D eigenvalue weighted by molar-refractivity contribution is 0.0645. The molecule has 2 N–H and O–H groups in total. The van der Waals surface area contributed by atoms with E-state index in [0.717, 1.165) is 38.0 Å². The number of hydrogen-bond acceptors (Lipinski definition) is 3. The summed E-state index contributed by atoms with van der Waals surface area (Å²) >= 11 is 0. The van der Waals surface area contributed by atoms with Gasteiger partial charge in [-0.05, 0) is 56.0 Å². The average molecular weight is 290 g/mol. The lowest BCUT2D eigenvalue weighted by atomic mass is 9.93. The van der Waals surface area contributed by atoms with E-state index in [1.54, 1.807) is 18.2 Å². The van der Waals surface area contributed by atoms with E-state index in [1.165, 1.54) is 0 Å². The van der Waals surface area contributed by atoms with Crippen LogP contribution in [0.4, 0.5) is 0 Å². The van der Waals surface area contributed by atoms with Crippen LogP contribution in [0.5, 0.6) is 5.75 Å². The highest BCUT2D eigenvalue weighted by molar-refractivity contribution is 5.94. The summed E-state index contributed by atoms with van der Waals surface area (Å²) in [5.74, 6) is 0.772. The molecule has 1 aromatic carbocycles. The highest BCUT2D eigenvalue weighted by Crippen LogP contribution is 2.22. The van der Waals surface area contributed by atoms with Gasteiger partial charge in [-0.1, -0.05) is 13.8 Å². The van der Waals surface area contributed by atoms with Crippen molar-refractivity contribution in [2.75, 3.05) is 19.6 Å². The Morgan fingerprint density at radius 3 is 2.86 bits per heavy atom. The Morgan fingerprint density at radius 1 is 1.48 bits per heavy atom. The van der Waals surface area contributed by atoms with Crippen LogP contribution >= 0.6 is 0 Å². The second-order valence-corrected chi connectivity index (χ2v) is 6.08. The molecule has 1 fully saturated rings. The molecular formula is C17H26N2O2. The number of nitrogens with zero attached hydrogens (tertiary/aromatic N) is 1. The Labute approximate surface area is 127 Å². The molecule has 1 aromatic rings. The minimum atomic E-state index is 0.0684. The van der Waals surface area contributed by atoms with E-state index in [4.69, 9.17) is 0 Å². The number of aryl methyl sites for hydroxylation is 1. The number of aromatic hydroxyl groups is 1. The summed E-state index contributed by atoms with van der Waals surface area (Å²) in [6.45, 7) is 8.82. The van der Waals surface area contributed by atoms with E-state index >= 15 is 0 Å². The van der Waals surface area contributed by atoms with Crippen molar-refractivity contribution in [2.24, 2.45) is 5.92 Å². The number of rotatable bonds is 4. The van der Waals surface area contributed by atoms with Crippen LogP contribution in [-0.2, 0) is 0 Å². The van der Waals surface area contributed by atoms with Gasteiger partial charge < -0.3 is 15.3 Å². The Morgan fingerprint density at radius 2 is 2.24 bits per heavy atom. The van der Waals surface area contributed by atoms with E-state index in [-0.39, 0.29) is 11.7 Å². The number of amides is 1. The van der Waals surface area contributed by atoms with Crippen molar-refractivity contribution >= 4 is 5.91 Å². The minimum Gasteiger partial charge on any atom is -0.508 e. The molecule has 1 aliphatic rings. The summed E-state index contributed by atoms with van der Waals surface area (Å²) in [4.78, 5) is 14.5. The van der Waals surface area contributed by atoms with Crippen LogP contribution < -0.4 is 5.32 Å². The lowest BCUT2D eigenvalue weighted by Crippen LogP contribution is -2.50. The van der Waals surface area contributed by atoms with Gasteiger partial charge >= 0.3 is 0 Å². The van der Waals surface area contributed by atoms with Gasteiger partial charge in [0.15, 0.2) is 0 Å². The molecule has 4 nitrogen and oxygen atoms in total. The number of carbonyl (C=O) groups is 1. The average Bonchev–Trinajstić information content (AvgIpc) is 2.48. The molecule has 0 bridgehead atoms. The maximum absolute atomic E-state index is 12.6. The first-order valence-corrected chi connectivity index (χ1v) is 7.85. The Balaban J connectivity index is 2.00. The topological polar surface area (TPSA) is 52.6 Å². The SMILES string of the molecule is CCCNC1CCN(C(=O)c2ccc(O)c(C)c2)CC1C. The van der Waals surface area contributed by atoms with Crippen LogP contribution in [0, 0.1) is 12.8 Å². The third-order valence-corrected chi connectivity index (χ3v) is 4.29. The number of benzene rings is 1. The van der Waals surface area contributed by atoms with Crippen LogP contribution in [0.3, 0.4) is 0 Å². The molecule has 2 unspecified atom stereocenters. The van der Waals surface area contributed by atoms with Gasteiger partial charge in [-0.15, -0.1) is 0 Å². The zero-order chi connectivity index (χ0) is 15.4. The van der Waals surface area contributed by atoms with E-state index in [0.29, 0.717) is 17.5 Å². The van der Waals surface area contributed by atoms with Crippen LogP contribution in [0.1, 0.15) is 42.6 Å². The number of likely N-dealkylation sites (tertiary alicyclic amines) is 1. The summed E-state index contributed by atoms with van der Waals surface area (Å²) in [6.07, 6.45) is 2.14. The molecule has 1 aliphatic heterocycles. The first-order chi connectivity index (χ1) is 10.0. The molecule has 116 valence electrons. The summed E-state index contributed by atoms with van der Waals surface area (Å²) in [7, 11) is 0. The standard InChI is InChI=1S/C17H26N2O2/c1-4-8-18-15-7-9-19(11-13(15)3)17(21)14-5-6-16(20)12(2)10-14/h5-6,10,13,15,18,20H,4,7-9,11H2,1-3H3. The highest BCUT2D eigenvalue weighted by atomic mass is 16.3. The molecule has 0 spiro atoms. The monoisotopic (exact) mass is 290 g/mol. The molecule has 1 saturated heterocycles. The van der Waals surface area contributed by atoms with E-state index in [1.807, 2.05) is 11.8 Å². The molecule has 0 aromatic heterocycles. The van der Waals surface area contributed by atoms with Crippen LogP contribution in [0.25, 0.3) is 0 Å². The number of hydrogen-bond donors (Lipinski definition) is 2. The van der Waals surface area contributed by atoms with Gasteiger partial charge in [-0.25, -0.2) is 0 Å². The van der Waals surface area contributed by atoms with Crippen LogP contribution in [0.2, 0.25) is 0 Å². The molecule has 1 amide bonds. The molecule has 2 atom stereocenters. The van der Waals surface area contributed by atoms with Crippen molar-refractivity contribution in [3.63, 3.8) is 0 Å². The molecular weight excluding hydrogens is 264 g/mol. The molecule has 0 saturated carbocycles. The number of phenols is 1.